The maximum Gasteiger partial charge on any atom is 0.417 e. The summed E-state index contributed by atoms with van der Waals surface area (Å²) in [6.07, 6.45) is 0.447. The number of amides is 2. The number of pyridine rings is 1. The van der Waals surface area contributed by atoms with Crippen molar-refractivity contribution in [2.45, 2.75) is 32.0 Å². The molecule has 4 heterocycles. The van der Waals surface area contributed by atoms with Crippen LogP contribution in [0.15, 0.2) is 24.7 Å². The molecule has 1 aliphatic rings. The fourth-order valence-corrected chi connectivity index (χ4v) is 4.11. The van der Waals surface area contributed by atoms with Crippen LogP contribution in [0.1, 0.15) is 25.3 Å². The zero-order valence-corrected chi connectivity index (χ0v) is 18.2. The van der Waals surface area contributed by atoms with Crippen molar-refractivity contribution in [3.63, 3.8) is 0 Å². The Morgan fingerprint density at radius 3 is 2.59 bits per heavy atom. The number of aromatic amines is 1. The Labute approximate surface area is 191 Å². The molecule has 4 rings (SSSR count). The minimum atomic E-state index is -4.53. The molecule has 0 spiro atoms. The molecular formula is C21H23F3N8O2. The number of aromatic nitrogens is 4. The zero-order valence-electron chi connectivity index (χ0n) is 18.2. The number of carbonyl (C=O) groups excluding carboxylic acids is 2. The number of rotatable bonds is 4. The standard InChI is InChI=1S/C21H23F3N8O2/c1-10(11-2-4-32(5-3-11)19(34)17(26)33)30-20-29-9-15(25)16(31-20)14-8-28-18-13(14)6-12(7-27-18)21(22,23)24/h6-11H,2-5,25H2,1H3,(H2,26,33)(H,27,28)(H,29,30,31)/t10-/m1/s1. The highest BCUT2D eigenvalue weighted by molar-refractivity contribution is 6.34. The first-order valence-corrected chi connectivity index (χ1v) is 10.6. The van der Waals surface area contributed by atoms with Crippen LogP contribution in [0.4, 0.5) is 24.8 Å². The van der Waals surface area contributed by atoms with Gasteiger partial charge in [-0.05, 0) is 31.7 Å². The SMILES string of the molecule is C[C@@H](Nc1ncc(N)c(-c2c[nH]c3ncc(C(F)(F)F)cc23)n1)C1CCN(C(=O)C(N)=O)CC1. The van der Waals surface area contributed by atoms with Gasteiger partial charge in [-0.15, -0.1) is 0 Å². The van der Waals surface area contributed by atoms with E-state index in [1.807, 2.05) is 6.92 Å². The number of anilines is 2. The summed E-state index contributed by atoms with van der Waals surface area (Å²) < 4.78 is 39.5. The average molecular weight is 476 g/mol. The summed E-state index contributed by atoms with van der Waals surface area (Å²) in [5, 5.41) is 3.45. The average Bonchev–Trinajstić information content (AvgIpc) is 3.22. The second-order valence-electron chi connectivity index (χ2n) is 8.24. The van der Waals surface area contributed by atoms with E-state index in [1.54, 1.807) is 0 Å². The van der Waals surface area contributed by atoms with Gasteiger partial charge < -0.3 is 26.7 Å². The number of alkyl halides is 3. The number of primary amides is 1. The number of nitrogens with zero attached hydrogens (tertiary/aromatic N) is 4. The number of nitrogen functional groups attached to an aromatic ring is 1. The van der Waals surface area contributed by atoms with Gasteiger partial charge in [0.1, 0.15) is 11.3 Å². The lowest BCUT2D eigenvalue weighted by atomic mass is 9.90. The van der Waals surface area contributed by atoms with Crippen molar-refractivity contribution >= 4 is 34.5 Å². The van der Waals surface area contributed by atoms with Gasteiger partial charge in [-0.2, -0.15) is 13.2 Å². The maximum absolute atomic E-state index is 13.2. The van der Waals surface area contributed by atoms with Gasteiger partial charge in [-0.25, -0.2) is 15.0 Å². The number of nitrogens with two attached hydrogens (primary N) is 2. The summed E-state index contributed by atoms with van der Waals surface area (Å²) in [6.45, 7) is 2.77. The molecule has 1 fully saturated rings. The minimum Gasteiger partial charge on any atom is -0.396 e. The van der Waals surface area contributed by atoms with Crippen LogP contribution in [0.5, 0.6) is 0 Å². The number of hydrogen-bond acceptors (Lipinski definition) is 7. The molecule has 6 N–H and O–H groups in total. The van der Waals surface area contributed by atoms with Crippen molar-refractivity contribution in [3.8, 4) is 11.3 Å². The number of likely N-dealkylation sites (tertiary alicyclic amines) is 1. The Balaban J connectivity index is 1.53. The van der Waals surface area contributed by atoms with E-state index in [0.717, 1.165) is 12.3 Å². The van der Waals surface area contributed by atoms with E-state index in [1.165, 1.54) is 17.3 Å². The van der Waals surface area contributed by atoms with E-state index in [2.05, 4.69) is 25.3 Å². The fourth-order valence-electron chi connectivity index (χ4n) is 4.11. The normalized spacial score (nSPS) is 15.9. The number of halogens is 3. The van der Waals surface area contributed by atoms with Crippen LogP contribution in [0, 0.1) is 5.92 Å². The Morgan fingerprint density at radius 1 is 1.24 bits per heavy atom. The minimum absolute atomic E-state index is 0.0798. The van der Waals surface area contributed by atoms with Crippen molar-refractivity contribution in [2.24, 2.45) is 11.7 Å². The molecule has 0 bridgehead atoms. The lowest BCUT2D eigenvalue weighted by Crippen LogP contribution is -2.46. The van der Waals surface area contributed by atoms with Crippen molar-refractivity contribution < 1.29 is 22.8 Å². The quantitative estimate of drug-likeness (QED) is 0.420. The summed E-state index contributed by atoms with van der Waals surface area (Å²) in [6, 6.07) is 0.927. The zero-order chi connectivity index (χ0) is 24.6. The third-order valence-corrected chi connectivity index (χ3v) is 6.03. The summed E-state index contributed by atoms with van der Waals surface area (Å²) in [5.74, 6) is -1.22. The molecule has 0 radical (unpaired) electrons. The highest BCUT2D eigenvalue weighted by Gasteiger charge is 2.32. The van der Waals surface area contributed by atoms with Gasteiger partial charge in [0.2, 0.25) is 5.95 Å². The molecular weight excluding hydrogens is 453 g/mol. The third-order valence-electron chi connectivity index (χ3n) is 6.03. The summed E-state index contributed by atoms with van der Waals surface area (Å²) in [4.78, 5) is 39.6. The van der Waals surface area contributed by atoms with Gasteiger partial charge in [0, 0.05) is 42.5 Å². The van der Waals surface area contributed by atoms with Gasteiger partial charge in [-0.1, -0.05) is 0 Å². The molecule has 1 atom stereocenters. The van der Waals surface area contributed by atoms with Crippen molar-refractivity contribution in [1.82, 2.24) is 24.8 Å². The van der Waals surface area contributed by atoms with E-state index in [-0.39, 0.29) is 40.3 Å². The van der Waals surface area contributed by atoms with Gasteiger partial charge >= 0.3 is 18.0 Å². The molecule has 0 aromatic carbocycles. The molecule has 0 unspecified atom stereocenters. The van der Waals surface area contributed by atoms with Gasteiger partial charge in [0.05, 0.1) is 17.4 Å². The molecule has 3 aromatic heterocycles. The highest BCUT2D eigenvalue weighted by atomic mass is 19.4. The summed E-state index contributed by atoms with van der Waals surface area (Å²) >= 11 is 0. The lowest BCUT2D eigenvalue weighted by molar-refractivity contribution is -0.145. The third kappa shape index (κ3) is 4.58. The van der Waals surface area contributed by atoms with E-state index in [4.69, 9.17) is 11.5 Å². The second-order valence-corrected chi connectivity index (χ2v) is 8.24. The Kier molecular flexibility index (Phi) is 6.02. The van der Waals surface area contributed by atoms with Crippen LogP contribution < -0.4 is 16.8 Å². The summed E-state index contributed by atoms with van der Waals surface area (Å²) in [7, 11) is 0. The molecule has 3 aromatic rings. The molecule has 180 valence electrons. The smallest absolute Gasteiger partial charge is 0.396 e. The molecule has 34 heavy (non-hydrogen) atoms. The predicted octanol–water partition coefficient (Wildman–Crippen LogP) is 2.15. The first-order chi connectivity index (χ1) is 16.0. The largest absolute Gasteiger partial charge is 0.417 e. The number of piperidine rings is 1. The van der Waals surface area contributed by atoms with Crippen LogP contribution in [0.25, 0.3) is 22.3 Å². The molecule has 0 aliphatic carbocycles. The van der Waals surface area contributed by atoms with E-state index < -0.39 is 23.6 Å². The number of carbonyl (C=O) groups is 2. The first kappa shape index (κ1) is 23.3. The molecule has 2 amide bonds. The van der Waals surface area contributed by atoms with Crippen LogP contribution in [0.3, 0.4) is 0 Å². The first-order valence-electron chi connectivity index (χ1n) is 10.6. The number of nitrogens with one attached hydrogen (secondary N) is 2. The number of hydrogen-bond donors (Lipinski definition) is 4. The summed E-state index contributed by atoms with van der Waals surface area (Å²) in [5.41, 5.74) is 11.4. The van der Waals surface area contributed by atoms with Crippen LogP contribution in [-0.2, 0) is 15.8 Å². The molecule has 1 saturated heterocycles. The van der Waals surface area contributed by atoms with Gasteiger partial charge in [-0.3, -0.25) is 9.59 Å². The van der Waals surface area contributed by atoms with E-state index in [0.29, 0.717) is 31.5 Å². The number of H-pyrrole nitrogens is 1. The molecule has 1 aliphatic heterocycles. The Hall–Kier alpha value is -3.90. The van der Waals surface area contributed by atoms with E-state index >= 15 is 0 Å². The highest BCUT2D eigenvalue weighted by Crippen LogP contribution is 2.35. The number of fused-ring (bicyclic) bond motifs is 1. The predicted molar refractivity (Wildman–Crippen MR) is 118 cm³/mol. The molecule has 0 saturated carbocycles. The van der Waals surface area contributed by atoms with Crippen LogP contribution in [-0.4, -0.2) is 55.8 Å². The van der Waals surface area contributed by atoms with E-state index in [9.17, 15) is 22.8 Å². The van der Waals surface area contributed by atoms with Crippen LogP contribution in [0.2, 0.25) is 0 Å². The Morgan fingerprint density at radius 2 is 1.94 bits per heavy atom. The second kappa shape index (κ2) is 8.80. The fraction of sp³-hybridized carbons (Fsp3) is 0.381. The topological polar surface area (TPSA) is 156 Å². The van der Waals surface area contributed by atoms with Crippen molar-refractivity contribution in [3.05, 3.63) is 30.2 Å². The molecule has 10 nitrogen and oxygen atoms in total. The maximum atomic E-state index is 13.2. The van der Waals surface area contributed by atoms with Crippen molar-refractivity contribution in [1.29, 1.82) is 0 Å². The monoisotopic (exact) mass is 476 g/mol. The Bertz CT molecular complexity index is 1230. The van der Waals surface area contributed by atoms with Gasteiger partial charge in [0.25, 0.3) is 0 Å². The van der Waals surface area contributed by atoms with Crippen molar-refractivity contribution in [2.75, 3.05) is 24.1 Å². The molecule has 13 heteroatoms. The van der Waals surface area contributed by atoms with Gasteiger partial charge in [0.15, 0.2) is 0 Å². The lowest BCUT2D eigenvalue weighted by Gasteiger charge is -2.34. The van der Waals surface area contributed by atoms with Crippen LogP contribution >= 0.6 is 0 Å².